The van der Waals surface area contributed by atoms with E-state index < -0.39 is 11.0 Å². The molecule has 1 aliphatic rings. The van der Waals surface area contributed by atoms with Crippen LogP contribution in [0, 0.1) is 10.1 Å². The van der Waals surface area contributed by atoms with Crippen LogP contribution in [0.25, 0.3) is 0 Å². The fourth-order valence-electron chi connectivity index (χ4n) is 3.51. The quantitative estimate of drug-likeness (QED) is 0.366. The minimum Gasteiger partial charge on any atom is -0.495 e. The lowest BCUT2D eigenvalue weighted by atomic mass is 10.2. The molecule has 0 aliphatic carbocycles. The molecule has 0 saturated carbocycles. The zero-order valence-corrected chi connectivity index (χ0v) is 19.7. The number of carbonyl (C=O) groups excluding carboxylic acids is 1. The molecular weight excluding hydrogens is 487 g/mol. The number of fused-ring (bicyclic) bond motifs is 1. The van der Waals surface area contributed by atoms with Crippen LogP contribution in [0.3, 0.4) is 0 Å². The topological polar surface area (TPSA) is 123 Å². The molecule has 34 heavy (non-hydrogen) atoms. The van der Waals surface area contributed by atoms with Crippen LogP contribution in [0.1, 0.15) is 5.56 Å². The smallest absolute Gasteiger partial charge is 0.330 e. The zero-order chi connectivity index (χ0) is 24.6. The number of aromatic nitrogens is 2. The van der Waals surface area contributed by atoms with E-state index in [-0.39, 0.29) is 39.6 Å². The van der Waals surface area contributed by atoms with Gasteiger partial charge < -0.3 is 14.8 Å². The second-order valence-electron chi connectivity index (χ2n) is 7.13. The lowest BCUT2D eigenvalue weighted by Gasteiger charge is -2.35. The standard InChI is InChI=1S/C21H18Cl2N6O5/c1-27-19-11(9-24-20(26-19)25-12-6-4-5-7-13(12)29(31)32)10-28(21(27)30)18-16(22)14(33-2)8-15(34-3)17(18)23/h4-9H,10H2,1-3H3,(H,24,25,26). The van der Waals surface area contributed by atoms with Crippen molar-refractivity contribution >= 4 is 58.1 Å². The molecule has 0 fully saturated rings. The first-order valence-electron chi connectivity index (χ1n) is 9.78. The number of nitrogens with one attached hydrogen (secondary N) is 1. The van der Waals surface area contributed by atoms with Crippen LogP contribution in [0.2, 0.25) is 10.0 Å². The third kappa shape index (κ3) is 3.99. The van der Waals surface area contributed by atoms with Crippen LogP contribution in [0.4, 0.5) is 33.6 Å². The van der Waals surface area contributed by atoms with Crippen LogP contribution in [0.15, 0.2) is 36.5 Å². The molecule has 11 nitrogen and oxygen atoms in total. The summed E-state index contributed by atoms with van der Waals surface area (Å²) >= 11 is 13.0. The largest absolute Gasteiger partial charge is 0.495 e. The second kappa shape index (κ2) is 9.20. The van der Waals surface area contributed by atoms with E-state index in [0.29, 0.717) is 22.9 Å². The van der Waals surface area contributed by atoms with Crippen molar-refractivity contribution in [3.63, 3.8) is 0 Å². The third-order valence-corrected chi connectivity index (χ3v) is 5.90. The minimum atomic E-state index is -0.510. The van der Waals surface area contributed by atoms with Gasteiger partial charge in [0.2, 0.25) is 5.95 Å². The number of halogens is 2. The van der Waals surface area contributed by atoms with E-state index in [1.165, 1.54) is 55.5 Å². The molecule has 1 aliphatic heterocycles. The average Bonchev–Trinajstić information content (AvgIpc) is 2.83. The minimum absolute atomic E-state index is 0.0695. The van der Waals surface area contributed by atoms with Gasteiger partial charge in [0.05, 0.1) is 31.4 Å². The Kier molecular flexibility index (Phi) is 6.31. The zero-order valence-electron chi connectivity index (χ0n) is 18.2. The second-order valence-corrected chi connectivity index (χ2v) is 7.88. The number of hydrogen-bond acceptors (Lipinski definition) is 8. The van der Waals surface area contributed by atoms with Gasteiger partial charge in [-0.05, 0) is 6.07 Å². The summed E-state index contributed by atoms with van der Waals surface area (Å²) in [7, 11) is 4.42. The summed E-state index contributed by atoms with van der Waals surface area (Å²) < 4.78 is 10.6. The average molecular weight is 505 g/mol. The van der Waals surface area contributed by atoms with E-state index in [4.69, 9.17) is 32.7 Å². The van der Waals surface area contributed by atoms with Crippen molar-refractivity contribution in [3.8, 4) is 11.5 Å². The lowest BCUT2D eigenvalue weighted by Crippen LogP contribution is -2.46. The summed E-state index contributed by atoms with van der Waals surface area (Å²) in [5, 5.41) is 14.4. The molecule has 1 N–H and O–H groups in total. The van der Waals surface area contributed by atoms with Crippen LogP contribution in [-0.4, -0.2) is 42.2 Å². The molecule has 1 aromatic heterocycles. The Morgan fingerprint density at radius 3 is 2.41 bits per heavy atom. The number of urea groups is 1. The number of anilines is 4. The monoisotopic (exact) mass is 504 g/mol. The number of hydrogen-bond donors (Lipinski definition) is 1. The fourth-order valence-corrected chi connectivity index (χ4v) is 4.22. The summed E-state index contributed by atoms with van der Waals surface area (Å²) in [6.07, 6.45) is 1.52. The van der Waals surface area contributed by atoms with Gasteiger partial charge in [0, 0.05) is 30.9 Å². The number of nitro benzene ring substituents is 1. The molecule has 0 saturated heterocycles. The van der Waals surface area contributed by atoms with E-state index in [9.17, 15) is 14.9 Å². The van der Waals surface area contributed by atoms with Gasteiger partial charge in [-0.2, -0.15) is 4.98 Å². The van der Waals surface area contributed by atoms with Gasteiger partial charge >= 0.3 is 6.03 Å². The maximum Gasteiger partial charge on any atom is 0.330 e. The van der Waals surface area contributed by atoms with E-state index in [2.05, 4.69) is 15.3 Å². The van der Waals surface area contributed by atoms with E-state index >= 15 is 0 Å². The van der Waals surface area contributed by atoms with Gasteiger partial charge in [0.15, 0.2) is 0 Å². The van der Waals surface area contributed by atoms with Gasteiger partial charge in [-0.1, -0.05) is 35.3 Å². The number of benzene rings is 2. The number of para-hydroxylation sites is 2. The van der Waals surface area contributed by atoms with Gasteiger partial charge in [-0.25, -0.2) is 9.78 Å². The molecule has 0 spiro atoms. The molecule has 0 atom stereocenters. The van der Waals surface area contributed by atoms with Crippen LogP contribution >= 0.6 is 23.2 Å². The molecule has 13 heteroatoms. The van der Waals surface area contributed by atoms with Crippen molar-refractivity contribution in [2.75, 3.05) is 36.4 Å². The highest BCUT2D eigenvalue weighted by atomic mass is 35.5. The Morgan fingerprint density at radius 1 is 1.15 bits per heavy atom. The predicted molar refractivity (Wildman–Crippen MR) is 128 cm³/mol. The number of ether oxygens (including phenoxy) is 2. The highest BCUT2D eigenvalue weighted by Gasteiger charge is 2.35. The molecule has 2 amide bonds. The summed E-state index contributed by atoms with van der Waals surface area (Å²) in [6.45, 7) is 0.0695. The number of carbonyl (C=O) groups is 1. The molecule has 2 aromatic carbocycles. The van der Waals surface area contributed by atoms with E-state index in [0.717, 1.165) is 0 Å². The molecule has 176 valence electrons. The van der Waals surface area contributed by atoms with Gasteiger partial charge in [0.1, 0.15) is 33.0 Å². The summed E-state index contributed by atoms with van der Waals surface area (Å²) in [4.78, 5) is 35.4. The maximum absolute atomic E-state index is 13.3. The molecule has 2 heterocycles. The lowest BCUT2D eigenvalue weighted by molar-refractivity contribution is -0.383. The maximum atomic E-state index is 13.3. The van der Waals surface area contributed by atoms with Crippen LogP contribution < -0.4 is 24.6 Å². The number of nitro groups is 1. The molecule has 3 aromatic rings. The van der Waals surface area contributed by atoms with Crippen molar-refractivity contribution in [2.24, 2.45) is 0 Å². The van der Waals surface area contributed by atoms with Crippen molar-refractivity contribution < 1.29 is 19.2 Å². The van der Waals surface area contributed by atoms with Crippen molar-refractivity contribution in [3.05, 3.63) is 62.3 Å². The fraction of sp³-hybridized carbons (Fsp3) is 0.190. The summed E-state index contributed by atoms with van der Waals surface area (Å²) in [6, 6.07) is 7.19. The highest BCUT2D eigenvalue weighted by molar-refractivity contribution is 6.42. The van der Waals surface area contributed by atoms with Crippen molar-refractivity contribution in [2.45, 2.75) is 6.54 Å². The Balaban J connectivity index is 1.72. The van der Waals surface area contributed by atoms with Crippen LogP contribution in [-0.2, 0) is 6.54 Å². The first-order chi connectivity index (χ1) is 16.3. The first kappa shape index (κ1) is 23.3. The molecular formula is C21H18Cl2N6O5. The molecule has 0 radical (unpaired) electrons. The van der Waals surface area contributed by atoms with Gasteiger partial charge in [-0.3, -0.25) is 19.9 Å². The van der Waals surface area contributed by atoms with E-state index in [1.807, 2.05) is 0 Å². The number of methoxy groups -OCH3 is 2. The third-order valence-electron chi connectivity index (χ3n) is 5.17. The van der Waals surface area contributed by atoms with Crippen molar-refractivity contribution in [1.29, 1.82) is 0 Å². The molecule has 0 bridgehead atoms. The number of nitrogens with zero attached hydrogens (tertiary/aromatic N) is 5. The summed E-state index contributed by atoms with van der Waals surface area (Å²) in [5.74, 6) is 1.01. The number of rotatable bonds is 6. The highest BCUT2D eigenvalue weighted by Crippen LogP contribution is 2.47. The van der Waals surface area contributed by atoms with Crippen LogP contribution in [0.5, 0.6) is 11.5 Å². The molecule has 0 unspecified atom stereocenters. The van der Waals surface area contributed by atoms with Crippen molar-refractivity contribution in [1.82, 2.24) is 9.97 Å². The Bertz CT molecular complexity index is 1280. The molecule has 4 rings (SSSR count). The van der Waals surface area contributed by atoms with E-state index in [1.54, 1.807) is 12.1 Å². The normalized spacial score (nSPS) is 12.9. The number of amides is 2. The SMILES string of the molecule is COc1cc(OC)c(Cl)c(N2Cc3cnc(Nc4ccccc4[N+](=O)[O-])nc3N(C)C2=O)c1Cl. The Hall–Kier alpha value is -3.83. The Labute approximate surface area is 204 Å². The van der Waals surface area contributed by atoms with Gasteiger partial charge in [-0.15, -0.1) is 0 Å². The first-order valence-corrected chi connectivity index (χ1v) is 10.5. The van der Waals surface area contributed by atoms with Gasteiger partial charge in [0.25, 0.3) is 5.69 Å². The Morgan fingerprint density at radius 2 is 1.79 bits per heavy atom. The predicted octanol–water partition coefficient (Wildman–Crippen LogP) is 5.03. The summed E-state index contributed by atoms with van der Waals surface area (Å²) in [5.41, 5.74) is 0.921.